The van der Waals surface area contributed by atoms with Gasteiger partial charge in [0.2, 0.25) is 11.2 Å². The van der Waals surface area contributed by atoms with Crippen LogP contribution in [-0.4, -0.2) is 12.5 Å². The van der Waals surface area contributed by atoms with E-state index in [1.54, 1.807) is 0 Å². The SMILES string of the molecule is O=C(NCC1CCCCC1)c1cc(=O)c(OCc2ccccc2)co1. The van der Waals surface area contributed by atoms with Crippen molar-refractivity contribution in [3.05, 3.63) is 64.2 Å². The maximum absolute atomic E-state index is 12.1. The fourth-order valence-electron chi connectivity index (χ4n) is 3.07. The molecule has 1 saturated carbocycles. The van der Waals surface area contributed by atoms with E-state index in [1.807, 2.05) is 30.3 Å². The summed E-state index contributed by atoms with van der Waals surface area (Å²) in [7, 11) is 0. The molecule has 0 spiro atoms. The van der Waals surface area contributed by atoms with Gasteiger partial charge in [-0.25, -0.2) is 0 Å². The lowest BCUT2D eigenvalue weighted by Crippen LogP contribution is -2.30. The van der Waals surface area contributed by atoms with Crippen LogP contribution in [0.5, 0.6) is 5.75 Å². The summed E-state index contributed by atoms with van der Waals surface area (Å²) < 4.78 is 10.8. The van der Waals surface area contributed by atoms with E-state index >= 15 is 0 Å². The molecule has 1 fully saturated rings. The number of hydrogen-bond donors (Lipinski definition) is 1. The van der Waals surface area contributed by atoms with E-state index in [2.05, 4.69) is 5.32 Å². The van der Waals surface area contributed by atoms with Crippen LogP contribution in [0, 0.1) is 5.92 Å². The van der Waals surface area contributed by atoms with Gasteiger partial charge in [-0.1, -0.05) is 49.6 Å². The molecule has 25 heavy (non-hydrogen) atoms. The van der Waals surface area contributed by atoms with Crippen LogP contribution in [0.1, 0.15) is 48.2 Å². The van der Waals surface area contributed by atoms with Crippen molar-refractivity contribution < 1.29 is 13.9 Å². The number of benzene rings is 1. The standard InChI is InChI=1S/C20H23NO4/c22-17-11-18(20(23)21-12-15-7-3-1-4-8-15)25-14-19(17)24-13-16-9-5-2-6-10-16/h2,5-6,9-11,14-15H,1,3-4,7-8,12-13H2,(H,21,23). The Hall–Kier alpha value is -2.56. The highest BCUT2D eigenvalue weighted by molar-refractivity contribution is 5.91. The van der Waals surface area contributed by atoms with Crippen molar-refractivity contribution in [1.29, 1.82) is 0 Å². The fourth-order valence-corrected chi connectivity index (χ4v) is 3.07. The molecule has 0 aliphatic heterocycles. The number of hydrogen-bond acceptors (Lipinski definition) is 4. The maximum atomic E-state index is 12.1. The van der Waals surface area contributed by atoms with E-state index in [1.165, 1.54) is 31.6 Å². The Bertz CT molecular complexity index is 748. The highest BCUT2D eigenvalue weighted by Gasteiger charge is 2.17. The van der Waals surface area contributed by atoms with Gasteiger partial charge in [0.1, 0.15) is 12.9 Å². The number of carbonyl (C=O) groups is 1. The maximum Gasteiger partial charge on any atom is 0.287 e. The van der Waals surface area contributed by atoms with Gasteiger partial charge in [-0.15, -0.1) is 0 Å². The van der Waals surface area contributed by atoms with E-state index in [-0.39, 0.29) is 29.5 Å². The Morgan fingerprint density at radius 3 is 2.64 bits per heavy atom. The van der Waals surface area contributed by atoms with E-state index in [9.17, 15) is 9.59 Å². The van der Waals surface area contributed by atoms with Gasteiger partial charge in [-0.3, -0.25) is 9.59 Å². The molecule has 1 N–H and O–H groups in total. The number of amides is 1. The Labute approximate surface area is 147 Å². The fraction of sp³-hybridized carbons (Fsp3) is 0.400. The van der Waals surface area contributed by atoms with E-state index in [0.717, 1.165) is 18.4 Å². The lowest BCUT2D eigenvalue weighted by atomic mass is 9.89. The van der Waals surface area contributed by atoms with Gasteiger partial charge >= 0.3 is 0 Å². The first-order valence-electron chi connectivity index (χ1n) is 8.80. The van der Waals surface area contributed by atoms with Crippen LogP contribution < -0.4 is 15.5 Å². The summed E-state index contributed by atoms with van der Waals surface area (Å²) in [6.45, 7) is 0.910. The van der Waals surface area contributed by atoms with Crippen LogP contribution in [-0.2, 0) is 6.61 Å². The van der Waals surface area contributed by atoms with Crippen LogP contribution >= 0.6 is 0 Å². The summed E-state index contributed by atoms with van der Waals surface area (Å²) >= 11 is 0. The highest BCUT2D eigenvalue weighted by Crippen LogP contribution is 2.22. The quantitative estimate of drug-likeness (QED) is 0.873. The lowest BCUT2D eigenvalue weighted by molar-refractivity contribution is 0.0912. The van der Waals surface area contributed by atoms with E-state index < -0.39 is 0 Å². The molecule has 0 bridgehead atoms. The van der Waals surface area contributed by atoms with Crippen molar-refractivity contribution in [1.82, 2.24) is 5.32 Å². The van der Waals surface area contributed by atoms with Crippen molar-refractivity contribution in [2.24, 2.45) is 5.92 Å². The van der Waals surface area contributed by atoms with E-state index in [0.29, 0.717) is 12.5 Å². The first-order valence-corrected chi connectivity index (χ1v) is 8.80. The molecule has 0 atom stereocenters. The third kappa shape index (κ3) is 4.95. The molecule has 1 amide bonds. The highest BCUT2D eigenvalue weighted by atomic mass is 16.5. The van der Waals surface area contributed by atoms with Crippen LogP contribution in [0.3, 0.4) is 0 Å². The Balaban J connectivity index is 1.55. The molecule has 1 aromatic carbocycles. The first kappa shape index (κ1) is 17.3. The Morgan fingerprint density at radius 2 is 1.92 bits per heavy atom. The lowest BCUT2D eigenvalue weighted by Gasteiger charge is -2.21. The normalized spacial score (nSPS) is 14.9. The van der Waals surface area contributed by atoms with Crippen LogP contribution in [0.15, 0.2) is 51.9 Å². The second kappa shape index (κ2) is 8.51. The second-order valence-electron chi connectivity index (χ2n) is 6.46. The molecular weight excluding hydrogens is 318 g/mol. The summed E-state index contributed by atoms with van der Waals surface area (Å²) in [5, 5.41) is 2.86. The molecule has 0 radical (unpaired) electrons. The molecular formula is C20H23NO4. The molecule has 1 aliphatic rings. The summed E-state index contributed by atoms with van der Waals surface area (Å²) in [5.74, 6) is 0.302. The molecule has 1 aromatic heterocycles. The molecule has 0 saturated heterocycles. The average Bonchev–Trinajstić information content (AvgIpc) is 2.66. The zero-order valence-electron chi connectivity index (χ0n) is 14.2. The minimum Gasteiger partial charge on any atom is -0.482 e. The van der Waals surface area contributed by atoms with Gasteiger partial charge in [0.25, 0.3) is 5.91 Å². The van der Waals surface area contributed by atoms with Gasteiger partial charge in [-0.05, 0) is 24.3 Å². The van der Waals surface area contributed by atoms with Gasteiger partial charge in [0, 0.05) is 12.6 Å². The van der Waals surface area contributed by atoms with Crippen molar-refractivity contribution in [2.45, 2.75) is 38.7 Å². The minimum atomic E-state index is -0.356. The molecule has 1 aliphatic carbocycles. The number of rotatable bonds is 6. The summed E-state index contributed by atoms with van der Waals surface area (Å²) in [5.41, 5.74) is 0.598. The molecule has 1 heterocycles. The monoisotopic (exact) mass is 341 g/mol. The third-order valence-electron chi connectivity index (χ3n) is 4.53. The molecule has 0 unspecified atom stereocenters. The number of carbonyl (C=O) groups excluding carboxylic acids is 1. The molecule has 3 rings (SSSR count). The largest absolute Gasteiger partial charge is 0.482 e. The van der Waals surface area contributed by atoms with E-state index in [4.69, 9.17) is 9.15 Å². The zero-order valence-corrected chi connectivity index (χ0v) is 14.2. The molecule has 2 aromatic rings. The third-order valence-corrected chi connectivity index (χ3v) is 4.53. The van der Waals surface area contributed by atoms with Gasteiger partial charge in [-0.2, -0.15) is 0 Å². The minimum absolute atomic E-state index is 0.0212. The summed E-state index contributed by atoms with van der Waals surface area (Å²) in [4.78, 5) is 24.3. The van der Waals surface area contributed by atoms with Crippen molar-refractivity contribution in [3.8, 4) is 5.75 Å². The first-order chi connectivity index (χ1) is 12.2. The van der Waals surface area contributed by atoms with Gasteiger partial charge < -0.3 is 14.5 Å². The molecule has 132 valence electrons. The Kier molecular flexibility index (Phi) is 5.88. The van der Waals surface area contributed by atoms with Crippen LogP contribution in [0.2, 0.25) is 0 Å². The van der Waals surface area contributed by atoms with Crippen molar-refractivity contribution in [2.75, 3.05) is 6.54 Å². The number of nitrogens with one attached hydrogen (secondary N) is 1. The average molecular weight is 341 g/mol. The Morgan fingerprint density at radius 1 is 1.16 bits per heavy atom. The summed E-state index contributed by atoms with van der Waals surface area (Å²) in [6.07, 6.45) is 7.24. The second-order valence-corrected chi connectivity index (χ2v) is 6.46. The van der Waals surface area contributed by atoms with Gasteiger partial charge in [0.05, 0.1) is 0 Å². The van der Waals surface area contributed by atoms with Gasteiger partial charge in [0.15, 0.2) is 5.76 Å². The van der Waals surface area contributed by atoms with Crippen molar-refractivity contribution in [3.63, 3.8) is 0 Å². The topological polar surface area (TPSA) is 68.5 Å². The zero-order chi connectivity index (χ0) is 17.5. The molecule has 5 nitrogen and oxygen atoms in total. The van der Waals surface area contributed by atoms with Crippen molar-refractivity contribution >= 4 is 5.91 Å². The summed E-state index contributed by atoms with van der Waals surface area (Å²) in [6, 6.07) is 10.7. The smallest absolute Gasteiger partial charge is 0.287 e. The number of ether oxygens (including phenoxy) is 1. The predicted molar refractivity (Wildman–Crippen MR) is 94.7 cm³/mol. The van der Waals surface area contributed by atoms with Crippen LogP contribution in [0.4, 0.5) is 0 Å². The van der Waals surface area contributed by atoms with Crippen LogP contribution in [0.25, 0.3) is 0 Å². The predicted octanol–water partition coefficient (Wildman–Crippen LogP) is 3.53. The molecule has 5 heteroatoms.